The first-order chi connectivity index (χ1) is 10.4. The van der Waals surface area contributed by atoms with Gasteiger partial charge < -0.3 is 10.4 Å². The first-order valence-corrected chi connectivity index (χ1v) is 8.48. The van der Waals surface area contributed by atoms with Gasteiger partial charge in [0.25, 0.3) is 0 Å². The van der Waals surface area contributed by atoms with Crippen LogP contribution in [0.3, 0.4) is 0 Å². The van der Waals surface area contributed by atoms with Crippen LogP contribution in [0.4, 0.5) is 0 Å². The molecule has 1 heterocycles. The van der Waals surface area contributed by atoms with Crippen LogP contribution >= 0.6 is 11.8 Å². The molecule has 2 unspecified atom stereocenters. The topological polar surface area (TPSA) is 32.3 Å². The quantitative estimate of drug-likeness (QED) is 0.887. The number of benzene rings is 2. The molecule has 2 N–H and O–H groups in total. The van der Waals surface area contributed by atoms with Crippen LogP contribution in [0.15, 0.2) is 59.5 Å². The van der Waals surface area contributed by atoms with Crippen LogP contribution in [0, 0.1) is 0 Å². The molecule has 1 aliphatic rings. The van der Waals surface area contributed by atoms with E-state index in [1.165, 1.54) is 16.0 Å². The van der Waals surface area contributed by atoms with Gasteiger partial charge >= 0.3 is 0 Å². The van der Waals surface area contributed by atoms with Gasteiger partial charge in [-0.3, -0.25) is 0 Å². The minimum absolute atomic E-state index is 0.105. The number of hydrogen-bond acceptors (Lipinski definition) is 3. The van der Waals surface area contributed by atoms with Crippen molar-refractivity contribution in [3.05, 3.63) is 65.7 Å². The smallest absolute Gasteiger partial charge is 0.0588 e. The molecule has 2 nitrogen and oxygen atoms in total. The molecule has 0 saturated carbocycles. The van der Waals surface area contributed by atoms with Crippen molar-refractivity contribution in [2.24, 2.45) is 0 Å². The van der Waals surface area contributed by atoms with E-state index < -0.39 is 0 Å². The van der Waals surface area contributed by atoms with E-state index in [9.17, 15) is 5.11 Å². The maximum Gasteiger partial charge on any atom is 0.0588 e. The lowest BCUT2D eigenvalue weighted by atomic mass is 10.0. The van der Waals surface area contributed by atoms with E-state index in [0.29, 0.717) is 6.04 Å². The second-order valence-corrected chi connectivity index (χ2v) is 6.60. The molecule has 1 aliphatic heterocycles. The average molecular weight is 299 g/mol. The van der Waals surface area contributed by atoms with E-state index in [-0.39, 0.29) is 12.6 Å². The minimum atomic E-state index is 0.105. The highest BCUT2D eigenvalue weighted by atomic mass is 32.2. The fourth-order valence-corrected chi connectivity index (χ4v) is 4.00. The molecule has 0 fully saturated rings. The van der Waals surface area contributed by atoms with Gasteiger partial charge in [0, 0.05) is 17.0 Å². The number of nitrogens with one attached hydrogen (secondary N) is 1. The molecule has 0 spiro atoms. The Bertz CT molecular complexity index is 572. The normalized spacial score (nSPS) is 19.0. The van der Waals surface area contributed by atoms with Gasteiger partial charge in [-0.15, -0.1) is 11.8 Å². The molecule has 0 aliphatic carbocycles. The Kier molecular flexibility index (Phi) is 4.96. The van der Waals surface area contributed by atoms with E-state index in [0.717, 1.165) is 18.6 Å². The van der Waals surface area contributed by atoms with Gasteiger partial charge in [-0.05, 0) is 35.8 Å². The van der Waals surface area contributed by atoms with Crippen molar-refractivity contribution in [2.75, 3.05) is 12.4 Å². The molecule has 0 aromatic heterocycles. The Balaban J connectivity index is 1.70. The molecule has 21 heavy (non-hydrogen) atoms. The Morgan fingerprint density at radius 2 is 1.86 bits per heavy atom. The highest BCUT2D eigenvalue weighted by molar-refractivity contribution is 7.99. The molecule has 0 amide bonds. The van der Waals surface area contributed by atoms with Crippen molar-refractivity contribution >= 4 is 11.8 Å². The van der Waals surface area contributed by atoms with E-state index in [2.05, 4.69) is 53.8 Å². The monoisotopic (exact) mass is 299 g/mol. The highest BCUT2D eigenvalue weighted by Crippen LogP contribution is 2.36. The van der Waals surface area contributed by atoms with Crippen molar-refractivity contribution in [3.63, 3.8) is 0 Å². The minimum Gasteiger partial charge on any atom is -0.395 e. The summed E-state index contributed by atoms with van der Waals surface area (Å²) in [6.45, 7) is 0.167. The van der Waals surface area contributed by atoms with Crippen LogP contribution in [0.1, 0.15) is 23.6 Å². The van der Waals surface area contributed by atoms with Crippen LogP contribution in [-0.2, 0) is 6.42 Å². The lowest BCUT2D eigenvalue weighted by molar-refractivity contribution is 0.228. The Morgan fingerprint density at radius 1 is 1.10 bits per heavy atom. The van der Waals surface area contributed by atoms with E-state index in [4.69, 9.17) is 0 Å². The van der Waals surface area contributed by atoms with Crippen LogP contribution in [0.25, 0.3) is 0 Å². The molecule has 2 aromatic rings. The summed E-state index contributed by atoms with van der Waals surface area (Å²) in [7, 11) is 0. The van der Waals surface area contributed by atoms with Crippen molar-refractivity contribution in [1.29, 1.82) is 0 Å². The molecule has 110 valence electrons. The zero-order valence-corrected chi connectivity index (χ0v) is 12.9. The molecule has 3 rings (SSSR count). The zero-order valence-electron chi connectivity index (χ0n) is 12.0. The van der Waals surface area contributed by atoms with Gasteiger partial charge in [-0.1, -0.05) is 48.5 Å². The first kappa shape index (κ1) is 14.6. The number of fused-ring (bicyclic) bond motifs is 1. The van der Waals surface area contributed by atoms with Crippen LogP contribution in [0.5, 0.6) is 0 Å². The fraction of sp³-hybridized carbons (Fsp3) is 0.333. The Hall–Kier alpha value is -1.29. The van der Waals surface area contributed by atoms with Crippen LogP contribution in [0.2, 0.25) is 0 Å². The van der Waals surface area contributed by atoms with Gasteiger partial charge in [0.2, 0.25) is 0 Å². The van der Waals surface area contributed by atoms with Crippen molar-refractivity contribution in [3.8, 4) is 0 Å². The van der Waals surface area contributed by atoms with Gasteiger partial charge in [-0.25, -0.2) is 0 Å². The predicted octanol–water partition coefficient (Wildman–Crippen LogP) is 3.42. The van der Waals surface area contributed by atoms with Gasteiger partial charge in [0.05, 0.1) is 6.61 Å². The van der Waals surface area contributed by atoms with Gasteiger partial charge in [0.15, 0.2) is 0 Å². The maximum absolute atomic E-state index is 9.70. The standard InChI is InChI=1S/C18H21NOS/c20-13-15(12-14-6-2-1-3-7-14)19-17-10-11-21-18-9-5-4-8-16(17)18/h1-9,15,17,19-20H,10-13H2. The van der Waals surface area contributed by atoms with Gasteiger partial charge in [0.1, 0.15) is 0 Å². The second kappa shape index (κ2) is 7.12. The number of hydrogen-bond donors (Lipinski definition) is 2. The molecule has 0 saturated heterocycles. The third kappa shape index (κ3) is 3.67. The summed E-state index contributed by atoms with van der Waals surface area (Å²) in [4.78, 5) is 1.37. The van der Waals surface area contributed by atoms with Crippen LogP contribution < -0.4 is 5.32 Å². The lowest BCUT2D eigenvalue weighted by Crippen LogP contribution is -2.38. The van der Waals surface area contributed by atoms with Crippen molar-refractivity contribution < 1.29 is 5.11 Å². The summed E-state index contributed by atoms with van der Waals surface area (Å²) in [6, 6.07) is 19.4. The maximum atomic E-state index is 9.70. The molecule has 3 heteroatoms. The molecular formula is C18H21NOS. The van der Waals surface area contributed by atoms with Crippen molar-refractivity contribution in [2.45, 2.75) is 29.8 Å². The number of aliphatic hydroxyl groups excluding tert-OH is 1. The third-order valence-electron chi connectivity index (χ3n) is 3.94. The third-order valence-corrected chi connectivity index (χ3v) is 5.06. The molecule has 2 aromatic carbocycles. The SMILES string of the molecule is OCC(Cc1ccccc1)NC1CCSc2ccccc21. The first-order valence-electron chi connectivity index (χ1n) is 7.49. The second-order valence-electron chi connectivity index (χ2n) is 5.46. The Labute approximate surface area is 130 Å². The van der Waals surface area contributed by atoms with E-state index >= 15 is 0 Å². The zero-order chi connectivity index (χ0) is 14.5. The molecular weight excluding hydrogens is 278 g/mol. The molecule has 0 radical (unpaired) electrons. The number of rotatable bonds is 5. The Morgan fingerprint density at radius 3 is 2.67 bits per heavy atom. The summed E-state index contributed by atoms with van der Waals surface area (Å²) in [6.07, 6.45) is 1.98. The fourth-order valence-electron chi connectivity index (χ4n) is 2.87. The summed E-state index contributed by atoms with van der Waals surface area (Å²) < 4.78 is 0. The largest absolute Gasteiger partial charge is 0.395 e. The van der Waals surface area contributed by atoms with E-state index in [1.54, 1.807) is 0 Å². The average Bonchev–Trinajstić information content (AvgIpc) is 2.55. The molecule has 0 bridgehead atoms. The van der Waals surface area contributed by atoms with E-state index in [1.807, 2.05) is 17.8 Å². The lowest BCUT2D eigenvalue weighted by Gasteiger charge is -2.29. The number of thioether (sulfide) groups is 1. The highest BCUT2D eigenvalue weighted by Gasteiger charge is 2.22. The molecule has 2 atom stereocenters. The summed E-state index contributed by atoms with van der Waals surface area (Å²) >= 11 is 1.93. The van der Waals surface area contributed by atoms with Gasteiger partial charge in [-0.2, -0.15) is 0 Å². The summed E-state index contributed by atoms with van der Waals surface area (Å²) in [5.74, 6) is 1.14. The van der Waals surface area contributed by atoms with Crippen LogP contribution in [-0.4, -0.2) is 23.5 Å². The predicted molar refractivity (Wildman–Crippen MR) is 88.7 cm³/mol. The summed E-state index contributed by atoms with van der Waals surface area (Å²) in [5, 5.41) is 13.3. The van der Waals surface area contributed by atoms with Crippen molar-refractivity contribution in [1.82, 2.24) is 5.32 Å². The summed E-state index contributed by atoms with van der Waals surface area (Å²) in [5.41, 5.74) is 2.64. The number of aliphatic hydroxyl groups is 1.